The lowest BCUT2D eigenvalue weighted by Crippen LogP contribution is -2.13. The van der Waals surface area contributed by atoms with Gasteiger partial charge in [0.2, 0.25) is 0 Å². The molecule has 1 aromatic rings. The number of nitrogens with one attached hydrogen (secondary N) is 1. The molecule has 0 aromatic heterocycles. The van der Waals surface area contributed by atoms with Crippen LogP contribution in [0.1, 0.15) is 38.5 Å². The Morgan fingerprint density at radius 2 is 2.00 bits per heavy atom. The molecule has 0 aliphatic heterocycles. The summed E-state index contributed by atoms with van der Waals surface area (Å²) in [5.41, 5.74) is 7.08. The summed E-state index contributed by atoms with van der Waals surface area (Å²) in [5, 5.41) is 3.31. The van der Waals surface area contributed by atoms with Gasteiger partial charge in [0.25, 0.3) is 0 Å². The normalized spacial score (nSPS) is 16.8. The van der Waals surface area contributed by atoms with Gasteiger partial charge in [-0.15, -0.1) is 0 Å². The second-order valence-electron chi connectivity index (χ2n) is 5.07. The largest absolute Gasteiger partial charge is 0.397 e. The SMILES string of the molecule is Nc1cc(F)c(Br)cc1NCCC1CCCCC1. The molecular formula is C14H20BrFN2. The Hall–Kier alpha value is -0.770. The van der Waals surface area contributed by atoms with Crippen molar-refractivity contribution in [3.8, 4) is 0 Å². The molecule has 0 atom stereocenters. The summed E-state index contributed by atoms with van der Waals surface area (Å²) < 4.78 is 13.7. The topological polar surface area (TPSA) is 38.0 Å². The molecule has 4 heteroatoms. The number of nitrogens with two attached hydrogens (primary N) is 1. The number of rotatable bonds is 4. The van der Waals surface area contributed by atoms with Crippen molar-refractivity contribution in [1.29, 1.82) is 0 Å². The Kier molecular flexibility index (Phi) is 4.87. The van der Waals surface area contributed by atoms with E-state index in [1.807, 2.05) is 0 Å². The van der Waals surface area contributed by atoms with E-state index >= 15 is 0 Å². The highest BCUT2D eigenvalue weighted by Gasteiger charge is 2.13. The van der Waals surface area contributed by atoms with Gasteiger partial charge < -0.3 is 11.1 Å². The molecule has 0 saturated heterocycles. The van der Waals surface area contributed by atoms with Gasteiger partial charge in [-0.25, -0.2) is 4.39 Å². The predicted octanol–water partition coefficient (Wildman–Crippen LogP) is 4.55. The maximum Gasteiger partial charge on any atom is 0.139 e. The van der Waals surface area contributed by atoms with E-state index in [1.54, 1.807) is 6.07 Å². The minimum atomic E-state index is -0.315. The van der Waals surface area contributed by atoms with Gasteiger partial charge in [0.15, 0.2) is 0 Å². The number of halogens is 2. The zero-order valence-electron chi connectivity index (χ0n) is 10.5. The van der Waals surface area contributed by atoms with E-state index in [1.165, 1.54) is 44.6 Å². The van der Waals surface area contributed by atoms with Gasteiger partial charge in [0.05, 0.1) is 15.8 Å². The highest BCUT2D eigenvalue weighted by Crippen LogP contribution is 2.28. The van der Waals surface area contributed by atoms with Crippen LogP contribution >= 0.6 is 15.9 Å². The molecule has 0 heterocycles. The van der Waals surface area contributed by atoms with Crippen molar-refractivity contribution in [3.05, 3.63) is 22.4 Å². The first kappa shape index (κ1) is 13.7. The number of hydrogen-bond donors (Lipinski definition) is 2. The molecule has 0 unspecified atom stereocenters. The van der Waals surface area contributed by atoms with Crippen LogP contribution in [-0.2, 0) is 0 Å². The molecule has 0 radical (unpaired) electrons. The monoisotopic (exact) mass is 314 g/mol. The molecule has 1 fully saturated rings. The fourth-order valence-corrected chi connectivity index (χ4v) is 2.95. The molecule has 100 valence electrons. The highest BCUT2D eigenvalue weighted by molar-refractivity contribution is 9.10. The molecule has 1 aromatic carbocycles. The van der Waals surface area contributed by atoms with E-state index < -0.39 is 0 Å². The summed E-state index contributed by atoms with van der Waals surface area (Å²) in [4.78, 5) is 0. The molecule has 1 aliphatic rings. The van der Waals surface area contributed by atoms with Crippen LogP contribution in [0.2, 0.25) is 0 Å². The first-order valence-electron chi connectivity index (χ1n) is 6.65. The Morgan fingerprint density at radius 1 is 1.28 bits per heavy atom. The summed E-state index contributed by atoms with van der Waals surface area (Å²) in [7, 11) is 0. The molecule has 3 N–H and O–H groups in total. The van der Waals surface area contributed by atoms with Crippen LogP contribution in [0.4, 0.5) is 15.8 Å². The lowest BCUT2D eigenvalue weighted by molar-refractivity contribution is 0.345. The molecule has 0 spiro atoms. The molecule has 2 nitrogen and oxygen atoms in total. The highest BCUT2D eigenvalue weighted by atomic mass is 79.9. The summed E-state index contributed by atoms with van der Waals surface area (Å²) in [6.07, 6.45) is 8.01. The van der Waals surface area contributed by atoms with Crippen LogP contribution < -0.4 is 11.1 Å². The molecule has 1 saturated carbocycles. The van der Waals surface area contributed by atoms with Crippen molar-refractivity contribution in [2.24, 2.45) is 5.92 Å². The summed E-state index contributed by atoms with van der Waals surface area (Å²) in [6.45, 7) is 0.910. The third kappa shape index (κ3) is 3.61. The predicted molar refractivity (Wildman–Crippen MR) is 78.2 cm³/mol. The lowest BCUT2D eigenvalue weighted by atomic mass is 9.87. The van der Waals surface area contributed by atoms with E-state index in [4.69, 9.17) is 5.73 Å². The van der Waals surface area contributed by atoms with Crippen molar-refractivity contribution >= 4 is 27.3 Å². The Balaban J connectivity index is 1.84. The minimum absolute atomic E-state index is 0.315. The summed E-state index contributed by atoms with van der Waals surface area (Å²) in [5.74, 6) is 0.529. The Bertz CT molecular complexity index is 403. The second-order valence-corrected chi connectivity index (χ2v) is 5.93. The molecule has 18 heavy (non-hydrogen) atoms. The van der Waals surface area contributed by atoms with Gasteiger partial charge in [-0.05, 0) is 34.3 Å². The second kappa shape index (κ2) is 6.41. The number of nitrogen functional groups attached to an aromatic ring is 1. The van der Waals surface area contributed by atoms with Crippen LogP contribution in [0, 0.1) is 11.7 Å². The van der Waals surface area contributed by atoms with Gasteiger partial charge >= 0.3 is 0 Å². The van der Waals surface area contributed by atoms with Crippen LogP contribution in [0.5, 0.6) is 0 Å². The van der Waals surface area contributed by atoms with Crippen LogP contribution in [0.3, 0.4) is 0 Å². The van der Waals surface area contributed by atoms with Crippen molar-refractivity contribution in [3.63, 3.8) is 0 Å². The van der Waals surface area contributed by atoms with Crippen molar-refractivity contribution in [2.75, 3.05) is 17.6 Å². The van der Waals surface area contributed by atoms with E-state index in [0.29, 0.717) is 10.2 Å². The van der Waals surface area contributed by atoms with E-state index in [0.717, 1.165) is 18.2 Å². The Morgan fingerprint density at radius 3 is 2.72 bits per heavy atom. The van der Waals surface area contributed by atoms with Gasteiger partial charge in [0.1, 0.15) is 5.82 Å². The number of anilines is 2. The maximum absolute atomic E-state index is 13.2. The Labute approximate surface area is 116 Å². The number of hydrogen-bond acceptors (Lipinski definition) is 2. The first-order chi connectivity index (χ1) is 8.66. The molecule has 2 rings (SSSR count). The maximum atomic E-state index is 13.2. The standard InChI is InChI=1S/C14H20BrFN2/c15-11-8-14(13(17)9-12(11)16)18-7-6-10-4-2-1-3-5-10/h8-10,18H,1-7,17H2. The average Bonchev–Trinajstić information content (AvgIpc) is 2.37. The van der Waals surface area contributed by atoms with E-state index in [2.05, 4.69) is 21.2 Å². The van der Waals surface area contributed by atoms with Gasteiger partial charge in [-0.3, -0.25) is 0 Å². The molecule has 0 amide bonds. The van der Waals surface area contributed by atoms with E-state index in [-0.39, 0.29) is 5.82 Å². The fraction of sp³-hybridized carbons (Fsp3) is 0.571. The van der Waals surface area contributed by atoms with Crippen molar-refractivity contribution in [1.82, 2.24) is 0 Å². The van der Waals surface area contributed by atoms with Crippen LogP contribution in [0.25, 0.3) is 0 Å². The smallest absolute Gasteiger partial charge is 0.139 e. The van der Waals surface area contributed by atoms with Crippen molar-refractivity contribution in [2.45, 2.75) is 38.5 Å². The van der Waals surface area contributed by atoms with Gasteiger partial charge in [-0.2, -0.15) is 0 Å². The fourth-order valence-electron chi connectivity index (χ4n) is 2.60. The molecular weight excluding hydrogens is 295 g/mol. The molecule has 0 bridgehead atoms. The molecule has 1 aliphatic carbocycles. The van der Waals surface area contributed by atoms with Gasteiger partial charge in [-0.1, -0.05) is 32.1 Å². The minimum Gasteiger partial charge on any atom is -0.397 e. The third-order valence-electron chi connectivity index (χ3n) is 3.69. The van der Waals surface area contributed by atoms with Crippen LogP contribution in [-0.4, -0.2) is 6.54 Å². The van der Waals surface area contributed by atoms with Gasteiger partial charge in [0, 0.05) is 12.6 Å². The zero-order valence-corrected chi connectivity index (χ0v) is 12.1. The summed E-state index contributed by atoms with van der Waals surface area (Å²) >= 11 is 3.18. The quantitative estimate of drug-likeness (QED) is 0.800. The average molecular weight is 315 g/mol. The third-order valence-corrected chi connectivity index (χ3v) is 4.29. The van der Waals surface area contributed by atoms with Crippen molar-refractivity contribution < 1.29 is 4.39 Å². The number of benzene rings is 1. The first-order valence-corrected chi connectivity index (χ1v) is 7.44. The van der Waals surface area contributed by atoms with E-state index in [9.17, 15) is 4.39 Å². The zero-order chi connectivity index (χ0) is 13.0. The van der Waals surface area contributed by atoms with Crippen LogP contribution in [0.15, 0.2) is 16.6 Å². The lowest BCUT2D eigenvalue weighted by Gasteiger charge is -2.22. The summed E-state index contributed by atoms with van der Waals surface area (Å²) in [6, 6.07) is 3.07.